The molecule has 266 valence electrons. The second kappa shape index (κ2) is 27.1. The second-order valence-electron chi connectivity index (χ2n) is 12.6. The van der Waals surface area contributed by atoms with E-state index in [0.717, 1.165) is 28.4 Å². The topological polar surface area (TPSA) is 69.0 Å². The summed E-state index contributed by atoms with van der Waals surface area (Å²) < 4.78 is 7.18. The number of aryl methyl sites for hydroxylation is 3. The first-order chi connectivity index (χ1) is 22.0. The van der Waals surface area contributed by atoms with Gasteiger partial charge in [-0.05, 0) is 60.9 Å². The van der Waals surface area contributed by atoms with E-state index in [1.54, 1.807) is 19.2 Å². The van der Waals surface area contributed by atoms with Crippen molar-refractivity contribution in [2.45, 2.75) is 126 Å². The maximum absolute atomic E-state index is 12.9. The summed E-state index contributed by atoms with van der Waals surface area (Å²) in [7, 11) is 3.45. The van der Waals surface area contributed by atoms with Crippen LogP contribution in [-0.4, -0.2) is 27.6 Å². The van der Waals surface area contributed by atoms with E-state index in [4.69, 9.17) is 4.74 Å². The van der Waals surface area contributed by atoms with E-state index in [1.165, 1.54) is 64.2 Å². The van der Waals surface area contributed by atoms with Gasteiger partial charge in [0, 0.05) is 18.3 Å². The third kappa shape index (κ3) is 16.8. The number of nitrogens with one attached hydrogen (secondary N) is 1. The van der Waals surface area contributed by atoms with E-state index in [2.05, 4.69) is 70.7 Å². The van der Waals surface area contributed by atoms with Crippen molar-refractivity contribution in [3.63, 3.8) is 0 Å². The number of methoxy groups -OCH3 is 1. The van der Waals surface area contributed by atoms with Crippen LogP contribution in [0.3, 0.4) is 0 Å². The molecule has 1 aliphatic rings. The van der Waals surface area contributed by atoms with Crippen molar-refractivity contribution in [3.05, 3.63) is 79.9 Å². The number of allylic oxidation sites excluding steroid dienone is 2. The Hall–Kier alpha value is -1.64. The second-order valence-corrected chi connectivity index (χ2v) is 12.6. The largest absolute Gasteiger partial charge is 1.00 e. The molecule has 2 aromatic heterocycles. The van der Waals surface area contributed by atoms with Gasteiger partial charge < -0.3 is 28.6 Å². The van der Waals surface area contributed by atoms with Crippen LogP contribution in [0.4, 0.5) is 5.95 Å². The maximum Gasteiger partial charge on any atom is 1.00 e. The first kappa shape index (κ1) is 48.5. The van der Waals surface area contributed by atoms with Crippen LogP contribution in [0.15, 0.2) is 36.1 Å². The third-order valence-electron chi connectivity index (χ3n) is 8.47. The Bertz CT molecular complexity index is 1330. The average Bonchev–Trinajstić information content (AvgIpc) is 3.73. The molecule has 6 nitrogen and oxygen atoms in total. The van der Waals surface area contributed by atoms with Gasteiger partial charge >= 0.3 is 51.4 Å². The molecule has 1 aliphatic carbocycles. The number of rotatable bonds is 10. The zero-order valence-electron chi connectivity index (χ0n) is 32.9. The number of aromatic nitrogens is 3. The molecule has 1 amide bonds. The van der Waals surface area contributed by atoms with Crippen molar-refractivity contribution in [1.29, 1.82) is 0 Å². The van der Waals surface area contributed by atoms with Crippen molar-refractivity contribution < 1.29 is 60.9 Å². The van der Waals surface area contributed by atoms with Gasteiger partial charge in [-0.3, -0.25) is 10.1 Å². The summed E-state index contributed by atoms with van der Waals surface area (Å²) in [5, 5.41) is 2.89. The van der Waals surface area contributed by atoms with E-state index in [0.29, 0.717) is 40.7 Å². The maximum atomic E-state index is 12.9. The molecule has 1 atom stereocenters. The smallest absolute Gasteiger partial charge is 0.560 e. The van der Waals surface area contributed by atoms with Crippen LogP contribution < -0.4 is 56.7 Å². The van der Waals surface area contributed by atoms with Crippen LogP contribution in [0.25, 0.3) is 16.6 Å². The van der Waals surface area contributed by atoms with E-state index in [1.807, 2.05) is 43.7 Å². The number of amides is 1. The van der Waals surface area contributed by atoms with Crippen LogP contribution in [0.1, 0.15) is 139 Å². The predicted molar refractivity (Wildman–Crippen MR) is 205 cm³/mol. The predicted octanol–water partition coefficient (Wildman–Crippen LogP) is 8.93. The summed E-state index contributed by atoms with van der Waals surface area (Å²) >= 11 is 0. The van der Waals surface area contributed by atoms with E-state index < -0.39 is 0 Å². The molecular formula is C41H67KN4O2-2. The Morgan fingerprint density at radius 1 is 0.958 bits per heavy atom. The summed E-state index contributed by atoms with van der Waals surface area (Å²) in [4.78, 5) is 21.9. The molecular weight excluding hydrogens is 620 g/mol. The zero-order chi connectivity index (χ0) is 34.6. The Labute approximate surface area is 338 Å². The van der Waals surface area contributed by atoms with E-state index in [-0.39, 0.29) is 64.7 Å². The minimum absolute atomic E-state index is 0. The summed E-state index contributed by atoms with van der Waals surface area (Å²) in [6.07, 6.45) is 14.7. The number of ether oxygens (including phenoxy) is 1. The average molecular weight is 687 g/mol. The zero-order valence-corrected chi connectivity index (χ0v) is 36.0. The fourth-order valence-corrected chi connectivity index (χ4v) is 5.32. The third-order valence-corrected chi connectivity index (χ3v) is 8.47. The Balaban J connectivity index is 0. The van der Waals surface area contributed by atoms with Crippen LogP contribution >= 0.6 is 0 Å². The van der Waals surface area contributed by atoms with Crippen molar-refractivity contribution in [1.82, 2.24) is 14.5 Å². The molecule has 1 aromatic carbocycles. The normalized spacial score (nSPS) is 12.8. The van der Waals surface area contributed by atoms with Gasteiger partial charge in [-0.2, -0.15) is 13.3 Å². The van der Waals surface area contributed by atoms with Gasteiger partial charge in [0.05, 0.1) is 18.1 Å². The number of pyridine rings is 1. The van der Waals surface area contributed by atoms with Crippen molar-refractivity contribution in [2.24, 2.45) is 18.9 Å². The molecule has 48 heavy (non-hydrogen) atoms. The minimum Gasteiger partial charge on any atom is -0.560 e. The van der Waals surface area contributed by atoms with E-state index >= 15 is 0 Å². The molecule has 0 aliphatic heterocycles. The fraction of sp³-hybridized carbons (Fsp3) is 0.561. The molecule has 0 radical (unpaired) electrons. The molecule has 2 heterocycles. The SMILES string of the molecule is C1CCCC1.CCCC.CCCC(CC)C(C)C.[CH2-]C/C(OC)=C(\[CH2-])c1cc(C(=O)Nc2nc3ccc(C)cc3n2C)cc(C)n1.[CH3-].[K+]. The van der Waals surface area contributed by atoms with Crippen LogP contribution in [-0.2, 0) is 11.8 Å². The molecule has 0 spiro atoms. The van der Waals surface area contributed by atoms with E-state index in [9.17, 15) is 4.79 Å². The number of carbonyl (C=O) groups is 1. The van der Waals surface area contributed by atoms with Gasteiger partial charge in [-0.25, -0.2) is 4.98 Å². The first-order valence-electron chi connectivity index (χ1n) is 17.6. The van der Waals surface area contributed by atoms with Crippen LogP contribution in [0.5, 0.6) is 0 Å². The van der Waals surface area contributed by atoms with Gasteiger partial charge in [-0.1, -0.05) is 118 Å². The quantitative estimate of drug-likeness (QED) is 0.131. The Kier molecular flexibility index (Phi) is 27.4. The Morgan fingerprint density at radius 2 is 1.54 bits per heavy atom. The summed E-state index contributed by atoms with van der Waals surface area (Å²) in [5.41, 5.74) is 5.33. The number of unbranched alkanes of at least 4 members (excludes halogenated alkanes) is 1. The molecule has 1 fully saturated rings. The van der Waals surface area contributed by atoms with Crippen LogP contribution in [0, 0.1) is 47.0 Å². The number of benzene rings is 1. The number of anilines is 1. The molecule has 1 unspecified atom stereocenters. The molecule has 1 N–H and O–H groups in total. The molecule has 3 aromatic rings. The van der Waals surface area contributed by atoms with Crippen molar-refractivity contribution >= 4 is 28.5 Å². The summed E-state index contributed by atoms with van der Waals surface area (Å²) in [5.74, 6) is 2.71. The summed E-state index contributed by atoms with van der Waals surface area (Å²) in [6, 6.07) is 9.41. The number of nitrogens with zero attached hydrogens (tertiary/aromatic N) is 3. The minimum atomic E-state index is -0.261. The number of carbonyl (C=O) groups excluding carboxylic acids is 1. The number of imidazole rings is 1. The van der Waals surface area contributed by atoms with Gasteiger partial charge in [0.2, 0.25) is 5.95 Å². The molecule has 4 rings (SSSR count). The molecule has 7 heteroatoms. The summed E-state index contributed by atoms with van der Waals surface area (Å²) in [6.45, 7) is 25.3. The first-order valence-corrected chi connectivity index (χ1v) is 17.6. The van der Waals surface area contributed by atoms with Crippen molar-refractivity contribution in [3.8, 4) is 0 Å². The molecule has 1 saturated carbocycles. The van der Waals surface area contributed by atoms with Gasteiger partial charge in [0.1, 0.15) is 0 Å². The molecule has 0 bridgehead atoms. The van der Waals surface area contributed by atoms with Gasteiger partial charge in [0.25, 0.3) is 5.91 Å². The number of fused-ring (bicyclic) bond motifs is 1. The fourth-order valence-electron chi connectivity index (χ4n) is 5.32. The number of hydrogen-bond donors (Lipinski definition) is 1. The number of hydrogen-bond acceptors (Lipinski definition) is 4. The Morgan fingerprint density at radius 3 is 1.98 bits per heavy atom. The molecule has 0 saturated heterocycles. The van der Waals surface area contributed by atoms with Crippen LogP contribution in [0.2, 0.25) is 0 Å². The van der Waals surface area contributed by atoms with Gasteiger partial charge in [0.15, 0.2) is 0 Å². The monoisotopic (exact) mass is 686 g/mol. The van der Waals surface area contributed by atoms with Gasteiger partial charge in [-0.15, -0.1) is 5.57 Å². The standard InChI is InChI=1S/C22H24N4O2.C9H20.C5H10.C4H10.CH3.K/c1-7-20(28-6)15(4)18-12-16(11-14(3)23-18)21(27)25-22-24-17-9-8-13(2)10-19(17)26(22)5;1-5-7-9(6-2)8(3)4;1-2-4-5-3-1;1-3-4-2;;/h8-12H,1,4,7H2,2-3,5-6H3,(H,24,25,27);8-9H,5-7H2,1-4H3;1-5H2;3-4H2,1-2H3;1H3;/q-2;;;;-1;+1/b20-15-;;;;;. The van der Waals surface area contributed by atoms with Crippen molar-refractivity contribution in [2.75, 3.05) is 12.4 Å².